The van der Waals surface area contributed by atoms with Crippen LogP contribution in [0.2, 0.25) is 0 Å². The Hall–Kier alpha value is -1.30. The summed E-state index contributed by atoms with van der Waals surface area (Å²) < 4.78 is 0. The lowest BCUT2D eigenvalue weighted by Gasteiger charge is -2.22. The van der Waals surface area contributed by atoms with E-state index in [0.717, 1.165) is 0 Å². The highest BCUT2D eigenvalue weighted by Crippen LogP contribution is 1.97. The first-order valence-electron chi connectivity index (χ1n) is 4.29. The maximum Gasteiger partial charge on any atom is 0.315 e. The molecule has 82 valence electrons. The molecule has 6 nitrogen and oxygen atoms in total. The fraction of sp³-hybridized carbons (Fsp3) is 0.750. The van der Waals surface area contributed by atoms with Crippen molar-refractivity contribution in [1.82, 2.24) is 16.1 Å². The van der Waals surface area contributed by atoms with Crippen molar-refractivity contribution in [3.05, 3.63) is 0 Å². The lowest BCUT2D eigenvalue weighted by Crippen LogP contribution is -2.52. The number of amides is 3. The highest BCUT2D eigenvalue weighted by molar-refractivity contribution is 5.86. The Balaban J connectivity index is 4.01. The van der Waals surface area contributed by atoms with Crippen LogP contribution in [-0.2, 0) is 4.79 Å². The lowest BCUT2D eigenvalue weighted by atomic mass is 10.1. The van der Waals surface area contributed by atoms with Crippen LogP contribution in [0.15, 0.2) is 0 Å². The predicted octanol–water partition coefficient (Wildman–Crippen LogP) is -0.0220. The van der Waals surface area contributed by atoms with Crippen LogP contribution in [0.1, 0.15) is 27.7 Å². The molecule has 0 saturated carbocycles. The number of rotatable bonds is 2. The van der Waals surface area contributed by atoms with Crippen LogP contribution in [0.4, 0.5) is 4.79 Å². The minimum Gasteiger partial charge on any atom is -0.334 e. The van der Waals surface area contributed by atoms with Gasteiger partial charge in [-0.25, -0.2) is 10.3 Å². The lowest BCUT2D eigenvalue weighted by molar-refractivity contribution is -0.130. The van der Waals surface area contributed by atoms with E-state index in [2.05, 4.69) is 10.6 Å². The maximum absolute atomic E-state index is 11.2. The summed E-state index contributed by atoms with van der Waals surface area (Å²) in [7, 11) is 0. The molecule has 4 N–H and O–H groups in total. The molecule has 0 radical (unpaired) electrons. The smallest absolute Gasteiger partial charge is 0.315 e. The molecular weight excluding hydrogens is 186 g/mol. The Morgan fingerprint density at radius 3 is 2.14 bits per heavy atom. The Morgan fingerprint density at radius 1 is 1.29 bits per heavy atom. The van der Waals surface area contributed by atoms with Gasteiger partial charge in [0.05, 0.1) is 0 Å². The van der Waals surface area contributed by atoms with Crippen molar-refractivity contribution >= 4 is 11.9 Å². The number of hydrogen-bond acceptors (Lipinski definition) is 3. The number of hydrogen-bond donors (Lipinski definition) is 4. The fourth-order valence-electron chi connectivity index (χ4n) is 0.736. The molecule has 0 heterocycles. The predicted molar refractivity (Wildman–Crippen MR) is 50.8 cm³/mol. The van der Waals surface area contributed by atoms with Gasteiger partial charge in [-0.2, -0.15) is 0 Å². The molecule has 3 amide bonds. The average Bonchev–Trinajstić information content (AvgIpc) is 1.99. The monoisotopic (exact) mass is 203 g/mol. The summed E-state index contributed by atoms with van der Waals surface area (Å²) in [6.45, 7) is 6.93. The van der Waals surface area contributed by atoms with E-state index in [1.807, 2.05) is 20.8 Å². The molecule has 0 aromatic carbocycles. The third-order valence-corrected chi connectivity index (χ3v) is 1.34. The Labute approximate surface area is 83.0 Å². The molecule has 0 spiro atoms. The van der Waals surface area contributed by atoms with Gasteiger partial charge in [-0.05, 0) is 27.7 Å². The van der Waals surface area contributed by atoms with Gasteiger partial charge < -0.3 is 10.6 Å². The van der Waals surface area contributed by atoms with Crippen LogP contribution in [-0.4, -0.2) is 28.7 Å². The number of hydroxylamine groups is 1. The summed E-state index contributed by atoms with van der Waals surface area (Å²) >= 11 is 0. The van der Waals surface area contributed by atoms with Crippen molar-refractivity contribution in [1.29, 1.82) is 0 Å². The number of carbonyl (C=O) groups excluding carboxylic acids is 2. The van der Waals surface area contributed by atoms with E-state index in [-0.39, 0.29) is 5.54 Å². The van der Waals surface area contributed by atoms with Crippen LogP contribution >= 0.6 is 0 Å². The second-order valence-corrected chi connectivity index (χ2v) is 4.05. The molecule has 6 heteroatoms. The summed E-state index contributed by atoms with van der Waals surface area (Å²) in [5.74, 6) is -0.658. The van der Waals surface area contributed by atoms with E-state index in [9.17, 15) is 9.59 Å². The molecule has 0 aliphatic rings. The van der Waals surface area contributed by atoms with Gasteiger partial charge in [0.1, 0.15) is 6.04 Å². The molecule has 0 aromatic heterocycles. The number of carbonyl (C=O) groups is 2. The summed E-state index contributed by atoms with van der Waals surface area (Å²) in [4.78, 5) is 22.0. The van der Waals surface area contributed by atoms with Crippen LogP contribution in [0.3, 0.4) is 0 Å². The highest BCUT2D eigenvalue weighted by Gasteiger charge is 2.18. The highest BCUT2D eigenvalue weighted by atomic mass is 16.5. The van der Waals surface area contributed by atoms with Gasteiger partial charge in [0.15, 0.2) is 0 Å². The van der Waals surface area contributed by atoms with Crippen molar-refractivity contribution in [2.24, 2.45) is 0 Å². The molecule has 1 unspecified atom stereocenters. The zero-order valence-electron chi connectivity index (χ0n) is 8.84. The summed E-state index contributed by atoms with van der Waals surface area (Å²) in [6, 6.07) is -1.23. The number of nitrogens with one attached hydrogen (secondary N) is 3. The molecule has 14 heavy (non-hydrogen) atoms. The topological polar surface area (TPSA) is 90.5 Å². The molecule has 0 rings (SSSR count). The average molecular weight is 203 g/mol. The van der Waals surface area contributed by atoms with Crippen molar-refractivity contribution in [2.75, 3.05) is 0 Å². The van der Waals surface area contributed by atoms with E-state index >= 15 is 0 Å². The van der Waals surface area contributed by atoms with Crippen molar-refractivity contribution in [3.63, 3.8) is 0 Å². The van der Waals surface area contributed by atoms with E-state index in [0.29, 0.717) is 0 Å². The second kappa shape index (κ2) is 4.80. The van der Waals surface area contributed by atoms with E-state index < -0.39 is 18.0 Å². The van der Waals surface area contributed by atoms with Gasteiger partial charge >= 0.3 is 6.03 Å². The summed E-state index contributed by atoms with van der Waals surface area (Å²) in [5, 5.41) is 13.3. The minimum absolute atomic E-state index is 0.362. The van der Waals surface area contributed by atoms with Gasteiger partial charge in [0.25, 0.3) is 5.91 Å². The van der Waals surface area contributed by atoms with Gasteiger partial charge in [-0.15, -0.1) is 0 Å². The normalized spacial score (nSPS) is 12.9. The molecule has 0 saturated heterocycles. The van der Waals surface area contributed by atoms with Crippen molar-refractivity contribution < 1.29 is 14.8 Å². The molecule has 0 aliphatic carbocycles. The zero-order chi connectivity index (χ0) is 11.4. The quantitative estimate of drug-likeness (QED) is 0.375. The summed E-state index contributed by atoms with van der Waals surface area (Å²) in [6.07, 6.45) is 0. The molecule has 0 fully saturated rings. The van der Waals surface area contributed by atoms with Gasteiger partial charge in [-0.1, -0.05) is 0 Å². The molecular formula is C8H17N3O3. The van der Waals surface area contributed by atoms with Gasteiger partial charge in [0.2, 0.25) is 0 Å². The Bertz CT molecular complexity index is 222. The molecule has 0 aromatic rings. The molecule has 0 bridgehead atoms. The van der Waals surface area contributed by atoms with Gasteiger partial charge in [0, 0.05) is 5.54 Å². The zero-order valence-corrected chi connectivity index (χ0v) is 8.84. The second-order valence-electron chi connectivity index (χ2n) is 4.05. The third kappa shape index (κ3) is 5.36. The van der Waals surface area contributed by atoms with E-state index in [1.165, 1.54) is 12.4 Å². The van der Waals surface area contributed by atoms with Crippen molar-refractivity contribution in [2.45, 2.75) is 39.3 Å². The minimum atomic E-state index is -0.776. The molecule has 0 aliphatic heterocycles. The van der Waals surface area contributed by atoms with Crippen LogP contribution in [0.5, 0.6) is 0 Å². The molecule has 1 atom stereocenters. The largest absolute Gasteiger partial charge is 0.334 e. The SMILES string of the molecule is CC(NC(=O)NC(C)(C)C)C(=O)NO. The van der Waals surface area contributed by atoms with Crippen LogP contribution in [0.25, 0.3) is 0 Å². The third-order valence-electron chi connectivity index (χ3n) is 1.34. The van der Waals surface area contributed by atoms with E-state index in [4.69, 9.17) is 5.21 Å². The maximum atomic E-state index is 11.2. The van der Waals surface area contributed by atoms with Crippen molar-refractivity contribution in [3.8, 4) is 0 Å². The summed E-state index contributed by atoms with van der Waals surface area (Å²) in [5.41, 5.74) is 1.09. The Kier molecular flexibility index (Phi) is 4.36. The first-order chi connectivity index (χ1) is 6.26. The standard InChI is InChI=1S/C8H17N3O3/c1-5(6(12)11-14)9-7(13)10-8(2,3)4/h5,14H,1-4H3,(H,11,12)(H2,9,10,13). The van der Waals surface area contributed by atoms with Crippen LogP contribution < -0.4 is 16.1 Å². The van der Waals surface area contributed by atoms with E-state index in [1.54, 1.807) is 0 Å². The van der Waals surface area contributed by atoms with Crippen LogP contribution in [0, 0.1) is 0 Å². The Morgan fingerprint density at radius 2 is 1.79 bits per heavy atom. The number of urea groups is 1. The fourth-order valence-corrected chi connectivity index (χ4v) is 0.736. The van der Waals surface area contributed by atoms with Gasteiger partial charge in [-0.3, -0.25) is 10.0 Å². The first-order valence-corrected chi connectivity index (χ1v) is 4.29. The first kappa shape index (κ1) is 12.7.